The fourth-order valence-corrected chi connectivity index (χ4v) is 5.14. The van der Waals surface area contributed by atoms with E-state index in [2.05, 4.69) is 32.6 Å². The predicted molar refractivity (Wildman–Crippen MR) is 134 cm³/mol. The summed E-state index contributed by atoms with van der Waals surface area (Å²) in [5.41, 5.74) is 6.29. The Morgan fingerprint density at radius 1 is 0.941 bits per heavy atom. The van der Waals surface area contributed by atoms with Crippen molar-refractivity contribution >= 4 is 23.0 Å². The minimum Gasteiger partial charge on any atom is -0.325 e. The zero-order valence-electron chi connectivity index (χ0n) is 19.6. The van der Waals surface area contributed by atoms with Gasteiger partial charge in [0, 0.05) is 66.1 Å². The molecular weight excluding hydrogens is 424 g/mol. The van der Waals surface area contributed by atoms with Gasteiger partial charge in [-0.1, -0.05) is 19.3 Å². The van der Waals surface area contributed by atoms with Gasteiger partial charge >= 0.3 is 0 Å². The molecule has 0 aromatic carbocycles. The van der Waals surface area contributed by atoms with E-state index in [9.17, 15) is 0 Å². The molecule has 1 aliphatic heterocycles. The third-order valence-corrected chi connectivity index (χ3v) is 7.01. The molecule has 6 rings (SSSR count). The first-order chi connectivity index (χ1) is 16.7. The van der Waals surface area contributed by atoms with Gasteiger partial charge in [-0.2, -0.15) is 14.7 Å². The Bertz CT molecular complexity index is 1320. The van der Waals surface area contributed by atoms with Crippen LogP contribution in [0.2, 0.25) is 0 Å². The molecule has 1 fully saturated rings. The Kier molecular flexibility index (Phi) is 5.57. The molecule has 174 valence electrons. The van der Waals surface area contributed by atoms with Crippen molar-refractivity contribution in [2.75, 3.05) is 11.9 Å². The van der Waals surface area contributed by atoms with Gasteiger partial charge in [0.1, 0.15) is 11.6 Å². The molecule has 1 N–H and O–H groups in total. The maximum absolute atomic E-state index is 5.11. The molecular formula is C26H30N8. The van der Waals surface area contributed by atoms with Crippen molar-refractivity contribution in [1.82, 2.24) is 29.4 Å². The Labute approximate surface area is 199 Å². The van der Waals surface area contributed by atoms with Crippen LogP contribution < -0.4 is 5.32 Å². The molecule has 0 bridgehead atoms. The molecule has 5 heterocycles. The van der Waals surface area contributed by atoms with Crippen LogP contribution in [0.4, 0.5) is 11.6 Å². The monoisotopic (exact) mass is 454 g/mol. The number of hydrogen-bond acceptors (Lipinski definition) is 6. The molecule has 8 nitrogen and oxygen atoms in total. The Balaban J connectivity index is 1.38. The summed E-state index contributed by atoms with van der Waals surface area (Å²) < 4.78 is 3.69. The first-order valence-corrected chi connectivity index (χ1v) is 12.4. The Morgan fingerprint density at radius 2 is 1.85 bits per heavy atom. The number of rotatable bonds is 5. The molecule has 4 aromatic rings. The fraction of sp³-hybridized carbons (Fsp3) is 0.423. The molecule has 1 aliphatic carbocycles. The summed E-state index contributed by atoms with van der Waals surface area (Å²) in [4.78, 5) is 14.5. The normalized spacial score (nSPS) is 17.1. The van der Waals surface area contributed by atoms with Crippen LogP contribution in [0.1, 0.15) is 68.5 Å². The second-order valence-electron chi connectivity index (χ2n) is 9.44. The molecule has 8 heteroatoms. The lowest BCUT2D eigenvalue weighted by molar-refractivity contribution is 0.437. The van der Waals surface area contributed by atoms with Gasteiger partial charge in [0.05, 0.1) is 12.4 Å². The van der Waals surface area contributed by atoms with Crippen molar-refractivity contribution < 1.29 is 0 Å². The van der Waals surface area contributed by atoms with E-state index in [-0.39, 0.29) is 0 Å². The molecule has 0 radical (unpaired) electrons. The van der Waals surface area contributed by atoms with Gasteiger partial charge in [0.25, 0.3) is 0 Å². The number of nitrogens with one attached hydrogen (secondary N) is 1. The molecule has 4 aromatic heterocycles. The summed E-state index contributed by atoms with van der Waals surface area (Å²) in [5.74, 6) is 2.16. The van der Waals surface area contributed by atoms with Gasteiger partial charge in [-0.05, 0) is 44.2 Å². The van der Waals surface area contributed by atoms with Gasteiger partial charge in [0.15, 0.2) is 5.65 Å². The Morgan fingerprint density at radius 3 is 2.59 bits per heavy atom. The van der Waals surface area contributed by atoms with Crippen LogP contribution in [0.15, 0.2) is 48.0 Å². The largest absolute Gasteiger partial charge is 0.325 e. The quantitative estimate of drug-likeness (QED) is 0.443. The number of hydrogen-bond donors (Lipinski definition) is 1. The summed E-state index contributed by atoms with van der Waals surface area (Å²) in [7, 11) is 1.93. The number of anilines is 2. The highest BCUT2D eigenvalue weighted by molar-refractivity contribution is 6.00. The zero-order valence-corrected chi connectivity index (χ0v) is 19.6. The molecule has 0 amide bonds. The van der Waals surface area contributed by atoms with E-state index in [1.54, 1.807) is 0 Å². The number of aromatic nitrogens is 6. The van der Waals surface area contributed by atoms with Crippen LogP contribution in [0, 0.1) is 0 Å². The van der Waals surface area contributed by atoms with Crippen molar-refractivity contribution in [3.8, 4) is 11.1 Å². The number of aliphatic imine (C=N–C) groups is 1. The van der Waals surface area contributed by atoms with Gasteiger partial charge < -0.3 is 5.32 Å². The maximum atomic E-state index is 5.11. The summed E-state index contributed by atoms with van der Waals surface area (Å²) in [5, 5.41) is 12.5. The van der Waals surface area contributed by atoms with Crippen LogP contribution in [-0.4, -0.2) is 41.6 Å². The van der Waals surface area contributed by atoms with Crippen LogP contribution >= 0.6 is 0 Å². The second-order valence-corrected chi connectivity index (χ2v) is 9.44. The molecule has 34 heavy (non-hydrogen) atoms. The van der Waals surface area contributed by atoms with Gasteiger partial charge in [-0.3, -0.25) is 9.67 Å². The molecule has 0 unspecified atom stereocenters. The number of nitrogens with zero attached hydrogens (tertiary/aromatic N) is 7. The molecule has 0 atom stereocenters. The SMILES string of the molecule is Cn1cc(-c2cnn3c(Nc4ccc(C5=NCCCC5)cn4)cc(C4CCCCC4)nc23)cn1. The fourth-order valence-electron chi connectivity index (χ4n) is 5.14. The average Bonchev–Trinajstić information content (AvgIpc) is 3.51. The first kappa shape index (κ1) is 21.0. The molecule has 0 spiro atoms. The van der Waals surface area contributed by atoms with Gasteiger partial charge in [0.2, 0.25) is 0 Å². The van der Waals surface area contributed by atoms with E-state index < -0.39 is 0 Å². The third-order valence-electron chi connectivity index (χ3n) is 7.01. The van der Waals surface area contributed by atoms with E-state index >= 15 is 0 Å². The van der Waals surface area contributed by atoms with Crippen molar-refractivity contribution in [2.24, 2.45) is 12.0 Å². The van der Waals surface area contributed by atoms with Crippen molar-refractivity contribution in [3.63, 3.8) is 0 Å². The standard InChI is InChI=1S/C26H30N8/c1-33-17-20(15-29-33)21-16-30-34-25(13-23(31-26(21)34)18-7-3-2-4-8-18)32-24-11-10-19(14-28-24)22-9-5-6-12-27-22/h10-11,13-18H,2-9,12H2,1H3,(H,28,32). The van der Waals surface area contributed by atoms with E-state index in [0.29, 0.717) is 5.92 Å². The third kappa shape index (κ3) is 4.08. The van der Waals surface area contributed by atoms with E-state index in [1.807, 2.05) is 47.1 Å². The summed E-state index contributed by atoms with van der Waals surface area (Å²) in [6, 6.07) is 6.30. The van der Waals surface area contributed by atoms with E-state index in [4.69, 9.17) is 9.97 Å². The highest BCUT2D eigenvalue weighted by Crippen LogP contribution is 2.35. The smallest absolute Gasteiger partial charge is 0.165 e. The van der Waals surface area contributed by atoms with Crippen molar-refractivity contribution in [3.05, 3.63) is 54.2 Å². The zero-order chi connectivity index (χ0) is 22.9. The predicted octanol–water partition coefficient (Wildman–Crippen LogP) is 5.29. The maximum Gasteiger partial charge on any atom is 0.165 e. The second kappa shape index (κ2) is 9.00. The van der Waals surface area contributed by atoms with Crippen LogP contribution in [0.25, 0.3) is 16.8 Å². The summed E-state index contributed by atoms with van der Waals surface area (Å²) >= 11 is 0. The molecule has 0 saturated heterocycles. The van der Waals surface area contributed by atoms with Gasteiger partial charge in [-0.25, -0.2) is 9.97 Å². The molecule has 1 saturated carbocycles. The number of fused-ring (bicyclic) bond motifs is 1. The van der Waals surface area contributed by atoms with Crippen LogP contribution in [0.3, 0.4) is 0 Å². The minimum absolute atomic E-state index is 0.482. The van der Waals surface area contributed by atoms with E-state index in [0.717, 1.165) is 52.6 Å². The number of aryl methyl sites for hydroxylation is 1. The van der Waals surface area contributed by atoms with E-state index in [1.165, 1.54) is 50.7 Å². The first-order valence-electron chi connectivity index (χ1n) is 12.4. The van der Waals surface area contributed by atoms with Crippen LogP contribution in [0.5, 0.6) is 0 Å². The lowest BCUT2D eigenvalue weighted by Crippen LogP contribution is -2.11. The van der Waals surface area contributed by atoms with Gasteiger partial charge in [-0.15, -0.1) is 0 Å². The average molecular weight is 455 g/mol. The summed E-state index contributed by atoms with van der Waals surface area (Å²) in [6.45, 7) is 0.923. The highest BCUT2D eigenvalue weighted by Gasteiger charge is 2.21. The van der Waals surface area contributed by atoms with Crippen LogP contribution in [-0.2, 0) is 7.05 Å². The lowest BCUT2D eigenvalue weighted by Gasteiger charge is -2.22. The Hall–Kier alpha value is -3.55. The number of pyridine rings is 1. The van der Waals surface area contributed by atoms with Crippen molar-refractivity contribution in [2.45, 2.75) is 57.3 Å². The highest BCUT2D eigenvalue weighted by atomic mass is 15.3. The minimum atomic E-state index is 0.482. The van der Waals surface area contributed by atoms with Crippen molar-refractivity contribution in [1.29, 1.82) is 0 Å². The summed E-state index contributed by atoms with van der Waals surface area (Å²) in [6.07, 6.45) is 17.3. The topological polar surface area (TPSA) is 85.3 Å². The lowest BCUT2D eigenvalue weighted by atomic mass is 9.87. The molecule has 2 aliphatic rings.